The van der Waals surface area contributed by atoms with Gasteiger partial charge in [-0.05, 0) is 77.4 Å². The lowest BCUT2D eigenvalue weighted by molar-refractivity contribution is -0.282. The molecule has 0 aliphatic rings. The predicted molar refractivity (Wildman–Crippen MR) is 163 cm³/mol. The Hall–Kier alpha value is -4.09. The van der Waals surface area contributed by atoms with Crippen molar-refractivity contribution in [1.82, 2.24) is 10.6 Å². The van der Waals surface area contributed by atoms with Crippen molar-refractivity contribution < 1.29 is 28.9 Å². The van der Waals surface area contributed by atoms with Crippen molar-refractivity contribution in [2.45, 2.75) is 29.5 Å². The van der Waals surface area contributed by atoms with Crippen LogP contribution in [-0.2, 0) is 34.2 Å². The average Bonchev–Trinajstić information content (AvgIpc) is 3.05. The zero-order valence-corrected chi connectivity index (χ0v) is 24.8. The van der Waals surface area contributed by atoms with Gasteiger partial charge >= 0.3 is 5.97 Å². The van der Waals surface area contributed by atoms with Gasteiger partial charge in [-0.15, -0.1) is 0 Å². The molecule has 0 radical (unpaired) electrons. The SMILES string of the molecule is COOCc1ccc(CNC(=O)c2ccc(SSc3ccc(C(=O)NCc4ccc(C(=O)OC)cc4)cc3)cc2)cc1. The van der Waals surface area contributed by atoms with Crippen molar-refractivity contribution >= 4 is 39.4 Å². The predicted octanol–water partition coefficient (Wildman–Crippen LogP) is 6.21. The van der Waals surface area contributed by atoms with Gasteiger partial charge in [0.25, 0.3) is 11.8 Å². The van der Waals surface area contributed by atoms with Gasteiger partial charge in [0, 0.05) is 34.0 Å². The number of hydrogen-bond donors (Lipinski definition) is 2. The van der Waals surface area contributed by atoms with Crippen LogP contribution in [0.3, 0.4) is 0 Å². The number of carbonyl (C=O) groups excluding carboxylic acids is 3. The quantitative estimate of drug-likeness (QED) is 0.0806. The van der Waals surface area contributed by atoms with E-state index in [1.165, 1.54) is 14.2 Å². The number of ether oxygens (including phenoxy) is 1. The van der Waals surface area contributed by atoms with Crippen LogP contribution in [0.4, 0.5) is 0 Å². The Morgan fingerprint density at radius 1 is 0.571 bits per heavy atom. The molecule has 0 aliphatic carbocycles. The highest BCUT2D eigenvalue weighted by molar-refractivity contribution is 8.76. The van der Waals surface area contributed by atoms with Gasteiger partial charge in [0.05, 0.1) is 19.8 Å². The summed E-state index contributed by atoms with van der Waals surface area (Å²) in [5.41, 5.74) is 4.46. The Kier molecular flexibility index (Phi) is 11.6. The highest BCUT2D eigenvalue weighted by Gasteiger charge is 2.09. The third kappa shape index (κ3) is 9.22. The van der Waals surface area contributed by atoms with Crippen molar-refractivity contribution in [2.75, 3.05) is 14.2 Å². The first-order valence-corrected chi connectivity index (χ1v) is 15.1. The zero-order chi connectivity index (χ0) is 29.7. The fourth-order valence-electron chi connectivity index (χ4n) is 3.75. The molecule has 4 rings (SSSR count). The molecular weight excluding hydrogens is 572 g/mol. The van der Waals surface area contributed by atoms with Gasteiger partial charge in [0.1, 0.15) is 6.61 Å². The third-order valence-electron chi connectivity index (χ3n) is 6.11. The molecule has 0 heterocycles. The number of esters is 1. The molecule has 10 heteroatoms. The molecule has 4 aromatic carbocycles. The van der Waals surface area contributed by atoms with Crippen molar-refractivity contribution in [3.8, 4) is 0 Å². The van der Waals surface area contributed by atoms with Crippen LogP contribution in [0.25, 0.3) is 0 Å². The summed E-state index contributed by atoms with van der Waals surface area (Å²) in [4.78, 5) is 48.2. The minimum absolute atomic E-state index is 0.141. The number of hydrogen-bond acceptors (Lipinski definition) is 8. The Balaban J connectivity index is 1.20. The van der Waals surface area contributed by atoms with E-state index in [2.05, 4.69) is 15.5 Å². The second kappa shape index (κ2) is 15.8. The van der Waals surface area contributed by atoms with Crippen LogP contribution < -0.4 is 10.6 Å². The smallest absolute Gasteiger partial charge is 0.337 e. The van der Waals surface area contributed by atoms with Crippen LogP contribution >= 0.6 is 21.6 Å². The van der Waals surface area contributed by atoms with Crippen molar-refractivity contribution in [2.24, 2.45) is 0 Å². The first-order chi connectivity index (χ1) is 20.4. The summed E-state index contributed by atoms with van der Waals surface area (Å²) in [6.07, 6.45) is 0. The fourth-order valence-corrected chi connectivity index (χ4v) is 5.68. The van der Waals surface area contributed by atoms with E-state index in [0.717, 1.165) is 26.5 Å². The Morgan fingerprint density at radius 3 is 1.40 bits per heavy atom. The molecule has 4 aromatic rings. The summed E-state index contributed by atoms with van der Waals surface area (Å²) >= 11 is 0. The van der Waals surface area contributed by atoms with Crippen LogP contribution in [0.15, 0.2) is 107 Å². The van der Waals surface area contributed by atoms with Gasteiger partial charge in [-0.3, -0.25) is 9.59 Å². The van der Waals surface area contributed by atoms with Crippen molar-refractivity contribution in [3.05, 3.63) is 130 Å². The van der Waals surface area contributed by atoms with E-state index in [1.807, 2.05) is 48.5 Å². The summed E-state index contributed by atoms with van der Waals surface area (Å²) in [6, 6.07) is 29.5. The lowest BCUT2D eigenvalue weighted by Crippen LogP contribution is -2.22. The number of benzene rings is 4. The van der Waals surface area contributed by atoms with Gasteiger partial charge in [-0.1, -0.05) is 58.0 Å². The summed E-state index contributed by atoms with van der Waals surface area (Å²) in [6.45, 7) is 1.14. The molecule has 8 nitrogen and oxygen atoms in total. The van der Waals surface area contributed by atoms with E-state index >= 15 is 0 Å². The highest BCUT2D eigenvalue weighted by atomic mass is 33.1. The molecule has 0 fully saturated rings. The molecule has 216 valence electrons. The molecule has 42 heavy (non-hydrogen) atoms. The molecule has 2 amide bonds. The molecular formula is C32H30N2O6S2. The monoisotopic (exact) mass is 602 g/mol. The normalized spacial score (nSPS) is 10.6. The number of amides is 2. The number of carbonyl (C=O) groups is 3. The van der Waals surface area contributed by atoms with Crippen molar-refractivity contribution in [3.63, 3.8) is 0 Å². The van der Waals surface area contributed by atoms with E-state index in [0.29, 0.717) is 36.4 Å². The number of methoxy groups -OCH3 is 1. The number of rotatable bonds is 13. The Labute approximate surface area is 252 Å². The molecule has 0 aromatic heterocycles. The second-order valence-corrected chi connectivity index (χ2v) is 11.3. The van der Waals surface area contributed by atoms with E-state index in [4.69, 9.17) is 9.62 Å². The van der Waals surface area contributed by atoms with Gasteiger partial charge in [-0.2, -0.15) is 0 Å². The van der Waals surface area contributed by atoms with Crippen LogP contribution in [-0.4, -0.2) is 32.0 Å². The van der Waals surface area contributed by atoms with E-state index in [-0.39, 0.29) is 11.8 Å². The molecule has 2 N–H and O–H groups in total. The Morgan fingerprint density at radius 2 is 0.976 bits per heavy atom. The largest absolute Gasteiger partial charge is 0.465 e. The van der Waals surface area contributed by atoms with E-state index < -0.39 is 5.97 Å². The third-order valence-corrected chi connectivity index (χ3v) is 8.53. The lowest BCUT2D eigenvalue weighted by Gasteiger charge is -2.08. The zero-order valence-electron chi connectivity index (χ0n) is 23.1. The van der Waals surface area contributed by atoms with Gasteiger partial charge in [0.2, 0.25) is 0 Å². The highest BCUT2D eigenvalue weighted by Crippen LogP contribution is 2.37. The fraction of sp³-hybridized carbons (Fsp3) is 0.156. The first-order valence-electron chi connectivity index (χ1n) is 13.0. The molecule has 0 saturated heterocycles. The molecule has 0 bridgehead atoms. The summed E-state index contributed by atoms with van der Waals surface area (Å²) < 4.78 is 4.70. The lowest BCUT2D eigenvalue weighted by atomic mass is 10.1. The maximum atomic E-state index is 12.6. The molecule has 0 aliphatic heterocycles. The van der Waals surface area contributed by atoms with Gasteiger partial charge < -0.3 is 15.4 Å². The molecule has 0 unspecified atom stereocenters. The Bertz CT molecular complexity index is 1480. The van der Waals surface area contributed by atoms with E-state index in [1.54, 1.807) is 70.1 Å². The maximum absolute atomic E-state index is 12.6. The van der Waals surface area contributed by atoms with Crippen molar-refractivity contribution in [1.29, 1.82) is 0 Å². The summed E-state index contributed by atoms with van der Waals surface area (Å²) in [5, 5.41) is 5.83. The standard InChI is InChI=1S/C32H30N2O6S2/c1-38-32(37)27-9-7-23(8-10-27)20-34-31(36)26-13-17-29(18-14-26)42-41-28-15-11-25(12-16-28)30(35)33-19-22-3-5-24(6-4-22)21-40-39-2/h3-18H,19-21H2,1-2H3,(H,33,35)(H,34,36). The van der Waals surface area contributed by atoms with E-state index in [9.17, 15) is 14.4 Å². The number of nitrogens with one attached hydrogen (secondary N) is 2. The minimum atomic E-state index is -0.397. The van der Waals surface area contributed by atoms with Crippen LogP contribution in [0.2, 0.25) is 0 Å². The molecule has 0 atom stereocenters. The van der Waals surface area contributed by atoms with Crippen LogP contribution in [0, 0.1) is 0 Å². The second-order valence-electron chi connectivity index (χ2n) is 9.01. The first kappa shape index (κ1) is 30.9. The summed E-state index contributed by atoms with van der Waals surface area (Å²) in [7, 11) is 5.94. The van der Waals surface area contributed by atoms with Crippen LogP contribution in [0.1, 0.15) is 47.8 Å². The average molecular weight is 603 g/mol. The van der Waals surface area contributed by atoms with Gasteiger partial charge in [-0.25, -0.2) is 14.6 Å². The molecule has 0 saturated carbocycles. The topological polar surface area (TPSA) is 103 Å². The summed E-state index contributed by atoms with van der Waals surface area (Å²) in [5.74, 6) is -0.720. The minimum Gasteiger partial charge on any atom is -0.465 e. The molecule has 0 spiro atoms. The van der Waals surface area contributed by atoms with Gasteiger partial charge in [0.15, 0.2) is 0 Å². The van der Waals surface area contributed by atoms with Crippen LogP contribution in [0.5, 0.6) is 0 Å². The maximum Gasteiger partial charge on any atom is 0.337 e.